The van der Waals surface area contributed by atoms with Gasteiger partial charge in [0.1, 0.15) is 0 Å². The Labute approximate surface area is 159 Å². The maximum absolute atomic E-state index is 12.8. The molecule has 138 valence electrons. The third kappa shape index (κ3) is 6.19. The molecule has 4 nitrogen and oxygen atoms in total. The molecule has 0 radical (unpaired) electrons. The molecule has 0 aliphatic rings. The number of hydrogen-bond donors (Lipinski definition) is 0. The Kier molecular flexibility index (Phi) is 7.67. The fraction of sp³-hybridized carbons (Fsp3) is 0.333. The first-order valence-corrected chi connectivity index (χ1v) is 9.01. The molecule has 0 heterocycles. The minimum Gasteiger partial charge on any atom is -0.469 e. The highest BCUT2D eigenvalue weighted by atomic mass is 35.5. The van der Waals surface area contributed by atoms with E-state index in [0.717, 1.165) is 17.5 Å². The zero-order valence-corrected chi connectivity index (χ0v) is 15.9. The molecule has 1 atom stereocenters. The standard InChI is InChI=1S/C21H24ClNO3/c1-16(21(25)26-2)15-23(13-12-17-6-4-3-5-7-17)20(24)14-18-8-10-19(22)11-9-18/h3-11,16H,12-15H2,1-2H3. The van der Waals surface area contributed by atoms with Gasteiger partial charge in [0.05, 0.1) is 19.4 Å². The number of hydrogen-bond acceptors (Lipinski definition) is 3. The number of nitrogens with zero attached hydrogens (tertiary/aromatic N) is 1. The summed E-state index contributed by atoms with van der Waals surface area (Å²) in [6, 6.07) is 17.2. The summed E-state index contributed by atoms with van der Waals surface area (Å²) >= 11 is 5.90. The topological polar surface area (TPSA) is 46.6 Å². The Morgan fingerprint density at radius 2 is 1.69 bits per heavy atom. The van der Waals surface area contributed by atoms with Gasteiger partial charge in [0.25, 0.3) is 0 Å². The van der Waals surface area contributed by atoms with Crippen LogP contribution in [0.3, 0.4) is 0 Å². The predicted molar refractivity (Wildman–Crippen MR) is 103 cm³/mol. The summed E-state index contributed by atoms with van der Waals surface area (Å²) in [5.74, 6) is -0.696. The van der Waals surface area contributed by atoms with Gasteiger partial charge < -0.3 is 9.64 Å². The largest absolute Gasteiger partial charge is 0.469 e. The fourth-order valence-corrected chi connectivity index (χ4v) is 2.85. The van der Waals surface area contributed by atoms with Crippen molar-refractivity contribution in [2.24, 2.45) is 5.92 Å². The Hall–Kier alpha value is -2.33. The summed E-state index contributed by atoms with van der Waals surface area (Å²) in [7, 11) is 1.36. The van der Waals surface area contributed by atoms with Crippen molar-refractivity contribution in [3.05, 3.63) is 70.7 Å². The fourth-order valence-electron chi connectivity index (χ4n) is 2.72. The molecule has 0 spiro atoms. The Balaban J connectivity index is 2.06. The highest BCUT2D eigenvalue weighted by Crippen LogP contribution is 2.13. The number of methoxy groups -OCH3 is 1. The molecule has 0 saturated carbocycles. The number of carbonyl (C=O) groups is 2. The van der Waals surface area contributed by atoms with E-state index in [-0.39, 0.29) is 24.2 Å². The number of carbonyl (C=O) groups excluding carboxylic acids is 2. The molecule has 2 aromatic rings. The van der Waals surface area contributed by atoms with Gasteiger partial charge in [-0.05, 0) is 29.7 Å². The zero-order chi connectivity index (χ0) is 18.9. The van der Waals surface area contributed by atoms with Crippen molar-refractivity contribution in [1.29, 1.82) is 0 Å². The molecule has 5 heteroatoms. The van der Waals surface area contributed by atoms with E-state index < -0.39 is 0 Å². The van der Waals surface area contributed by atoms with Gasteiger partial charge in [-0.15, -0.1) is 0 Å². The molecule has 1 amide bonds. The molecule has 26 heavy (non-hydrogen) atoms. The molecular weight excluding hydrogens is 350 g/mol. The number of rotatable bonds is 8. The van der Waals surface area contributed by atoms with Gasteiger partial charge in [-0.2, -0.15) is 0 Å². The molecule has 2 aromatic carbocycles. The molecule has 0 saturated heterocycles. The first-order chi connectivity index (χ1) is 12.5. The van der Waals surface area contributed by atoms with E-state index in [0.29, 0.717) is 18.1 Å². The van der Waals surface area contributed by atoms with Crippen molar-refractivity contribution in [2.45, 2.75) is 19.8 Å². The molecule has 0 aliphatic heterocycles. The summed E-state index contributed by atoms with van der Waals surface area (Å²) < 4.78 is 4.80. The molecule has 0 N–H and O–H groups in total. The first-order valence-electron chi connectivity index (χ1n) is 8.63. The second kappa shape index (κ2) is 9.97. The SMILES string of the molecule is COC(=O)C(C)CN(CCc1ccccc1)C(=O)Cc1ccc(Cl)cc1. The van der Waals surface area contributed by atoms with Gasteiger partial charge in [0, 0.05) is 18.1 Å². The average molecular weight is 374 g/mol. The summed E-state index contributed by atoms with van der Waals surface area (Å²) in [5, 5.41) is 0.640. The smallest absolute Gasteiger partial charge is 0.310 e. The van der Waals surface area contributed by atoms with Crippen molar-refractivity contribution in [3.63, 3.8) is 0 Å². The van der Waals surface area contributed by atoms with Crippen LogP contribution in [-0.4, -0.2) is 37.0 Å². The lowest BCUT2D eigenvalue weighted by molar-refractivity contribution is -0.146. The third-order valence-electron chi connectivity index (χ3n) is 4.23. The maximum atomic E-state index is 12.8. The van der Waals surface area contributed by atoms with Crippen LogP contribution < -0.4 is 0 Å². The van der Waals surface area contributed by atoms with Gasteiger partial charge in [-0.1, -0.05) is 61.0 Å². The lowest BCUT2D eigenvalue weighted by Crippen LogP contribution is -2.39. The van der Waals surface area contributed by atoms with E-state index in [4.69, 9.17) is 16.3 Å². The van der Waals surface area contributed by atoms with Crippen molar-refractivity contribution < 1.29 is 14.3 Å². The molecule has 0 aliphatic carbocycles. The van der Waals surface area contributed by atoms with E-state index >= 15 is 0 Å². The number of amides is 1. The molecule has 0 fully saturated rings. The summed E-state index contributed by atoms with van der Waals surface area (Å²) in [6.45, 7) is 2.67. The molecule has 0 bridgehead atoms. The number of halogens is 1. The number of ether oxygens (including phenoxy) is 1. The van der Waals surface area contributed by atoms with Gasteiger partial charge in [-0.25, -0.2) is 0 Å². The lowest BCUT2D eigenvalue weighted by Gasteiger charge is -2.25. The van der Waals surface area contributed by atoms with Crippen molar-refractivity contribution in [3.8, 4) is 0 Å². The number of benzene rings is 2. The van der Waals surface area contributed by atoms with Gasteiger partial charge in [0.2, 0.25) is 5.91 Å². The minimum absolute atomic E-state index is 0.0148. The van der Waals surface area contributed by atoms with E-state index in [1.807, 2.05) is 42.5 Å². The van der Waals surface area contributed by atoms with Crippen LogP contribution in [0.1, 0.15) is 18.1 Å². The van der Waals surface area contributed by atoms with Crippen LogP contribution >= 0.6 is 11.6 Å². The zero-order valence-electron chi connectivity index (χ0n) is 15.2. The highest BCUT2D eigenvalue weighted by molar-refractivity contribution is 6.30. The monoisotopic (exact) mass is 373 g/mol. The third-order valence-corrected chi connectivity index (χ3v) is 4.48. The van der Waals surface area contributed by atoms with Crippen LogP contribution in [0, 0.1) is 5.92 Å². The van der Waals surface area contributed by atoms with Crippen LogP contribution in [0.15, 0.2) is 54.6 Å². The van der Waals surface area contributed by atoms with Crippen molar-refractivity contribution >= 4 is 23.5 Å². The predicted octanol–water partition coefficient (Wildman–Crippen LogP) is 3.76. The number of esters is 1. The minimum atomic E-state index is -0.370. The first kappa shape index (κ1) is 20.0. The van der Waals surface area contributed by atoms with Crippen LogP contribution in [0.2, 0.25) is 5.02 Å². The van der Waals surface area contributed by atoms with Crippen LogP contribution in [0.4, 0.5) is 0 Å². The molecule has 0 aromatic heterocycles. The normalized spacial score (nSPS) is 11.7. The summed E-state index contributed by atoms with van der Waals surface area (Å²) in [5.41, 5.74) is 2.05. The van der Waals surface area contributed by atoms with Crippen molar-refractivity contribution in [2.75, 3.05) is 20.2 Å². The molecular formula is C21H24ClNO3. The summed E-state index contributed by atoms with van der Waals surface area (Å²) in [6.07, 6.45) is 1.01. The molecule has 2 rings (SSSR count). The maximum Gasteiger partial charge on any atom is 0.310 e. The Morgan fingerprint density at radius 1 is 1.04 bits per heavy atom. The second-order valence-corrected chi connectivity index (χ2v) is 6.74. The quantitative estimate of drug-likeness (QED) is 0.662. The highest BCUT2D eigenvalue weighted by Gasteiger charge is 2.21. The van der Waals surface area contributed by atoms with E-state index in [9.17, 15) is 9.59 Å². The lowest BCUT2D eigenvalue weighted by atomic mass is 10.1. The van der Waals surface area contributed by atoms with Crippen LogP contribution in [-0.2, 0) is 27.2 Å². The van der Waals surface area contributed by atoms with E-state index in [1.54, 1.807) is 24.0 Å². The Bertz CT molecular complexity index is 716. The summed E-state index contributed by atoms with van der Waals surface area (Å²) in [4.78, 5) is 26.3. The van der Waals surface area contributed by atoms with E-state index in [2.05, 4.69) is 0 Å². The Morgan fingerprint density at radius 3 is 2.31 bits per heavy atom. The van der Waals surface area contributed by atoms with Crippen LogP contribution in [0.5, 0.6) is 0 Å². The second-order valence-electron chi connectivity index (χ2n) is 6.30. The van der Waals surface area contributed by atoms with Crippen LogP contribution in [0.25, 0.3) is 0 Å². The van der Waals surface area contributed by atoms with Gasteiger partial charge in [0.15, 0.2) is 0 Å². The average Bonchev–Trinajstić information content (AvgIpc) is 2.66. The van der Waals surface area contributed by atoms with Crippen molar-refractivity contribution in [1.82, 2.24) is 4.90 Å². The molecule has 1 unspecified atom stereocenters. The van der Waals surface area contributed by atoms with E-state index in [1.165, 1.54) is 7.11 Å². The van der Waals surface area contributed by atoms with Gasteiger partial charge >= 0.3 is 5.97 Å². The van der Waals surface area contributed by atoms with Gasteiger partial charge in [-0.3, -0.25) is 9.59 Å².